The summed E-state index contributed by atoms with van der Waals surface area (Å²) in [5, 5.41) is 0. The van der Waals surface area contributed by atoms with E-state index in [1.54, 1.807) is 24.3 Å². The zero-order valence-corrected chi connectivity index (χ0v) is 13.9. The van der Waals surface area contributed by atoms with Gasteiger partial charge in [0.15, 0.2) is 0 Å². The van der Waals surface area contributed by atoms with Gasteiger partial charge in [0.05, 0.1) is 5.69 Å². The molecule has 0 amide bonds. The van der Waals surface area contributed by atoms with Crippen LogP contribution in [0, 0.1) is 0 Å². The molecule has 0 saturated heterocycles. The second-order valence-electron chi connectivity index (χ2n) is 5.19. The molecule has 110 valence electrons. The van der Waals surface area contributed by atoms with Crippen molar-refractivity contribution in [3.05, 3.63) is 58.1 Å². The van der Waals surface area contributed by atoms with Crippen molar-refractivity contribution >= 4 is 31.6 Å². The molecule has 2 aromatic rings. The van der Waals surface area contributed by atoms with Crippen LogP contribution in [0.4, 0.5) is 5.69 Å². The monoisotopic (exact) mass is 365 g/mol. The molecule has 0 atom stereocenters. The number of aryl methyl sites for hydroxylation is 1. The molecule has 1 aliphatic carbocycles. The number of fused-ring (bicyclic) bond motifs is 1. The van der Waals surface area contributed by atoms with Crippen molar-refractivity contribution in [2.24, 2.45) is 0 Å². The number of benzene rings is 2. The Labute approximate surface area is 133 Å². The second kappa shape index (κ2) is 5.81. The Morgan fingerprint density at radius 2 is 1.71 bits per heavy atom. The fraction of sp³-hybridized carbons (Fsp3) is 0.250. The van der Waals surface area contributed by atoms with Gasteiger partial charge in [0, 0.05) is 4.47 Å². The lowest BCUT2D eigenvalue weighted by Crippen LogP contribution is -2.16. The second-order valence-corrected chi connectivity index (χ2v) is 7.69. The number of anilines is 1. The first-order chi connectivity index (χ1) is 10.1. The summed E-state index contributed by atoms with van der Waals surface area (Å²) in [5.41, 5.74) is 3.11. The normalized spacial score (nSPS) is 14.5. The molecule has 1 aliphatic rings. The topological polar surface area (TPSA) is 46.2 Å². The summed E-state index contributed by atoms with van der Waals surface area (Å²) < 4.78 is 28.5. The van der Waals surface area contributed by atoms with Crippen LogP contribution >= 0.6 is 15.9 Å². The number of sulfonamides is 1. The number of hydrogen-bond acceptors (Lipinski definition) is 2. The molecule has 2 aromatic carbocycles. The highest BCUT2D eigenvalue weighted by molar-refractivity contribution is 9.10. The first-order valence-electron chi connectivity index (χ1n) is 6.96. The van der Waals surface area contributed by atoms with Gasteiger partial charge in [-0.1, -0.05) is 24.3 Å². The van der Waals surface area contributed by atoms with Crippen molar-refractivity contribution in [1.29, 1.82) is 0 Å². The molecule has 0 bridgehead atoms. The maximum absolute atomic E-state index is 12.6. The van der Waals surface area contributed by atoms with Gasteiger partial charge in [0.1, 0.15) is 4.90 Å². The Kier molecular flexibility index (Phi) is 4.04. The molecule has 0 saturated carbocycles. The fourth-order valence-corrected chi connectivity index (χ4v) is 4.84. The first kappa shape index (κ1) is 14.6. The van der Waals surface area contributed by atoms with E-state index >= 15 is 0 Å². The van der Waals surface area contributed by atoms with Gasteiger partial charge in [-0.25, -0.2) is 8.42 Å². The summed E-state index contributed by atoms with van der Waals surface area (Å²) in [6, 6.07) is 12.7. The van der Waals surface area contributed by atoms with Crippen LogP contribution in [0.5, 0.6) is 0 Å². The molecule has 5 heteroatoms. The van der Waals surface area contributed by atoms with Gasteiger partial charge >= 0.3 is 0 Å². The molecule has 21 heavy (non-hydrogen) atoms. The van der Waals surface area contributed by atoms with Gasteiger partial charge in [-0.15, -0.1) is 0 Å². The van der Waals surface area contributed by atoms with E-state index in [9.17, 15) is 8.42 Å². The minimum absolute atomic E-state index is 0.262. The maximum atomic E-state index is 12.6. The molecule has 0 aliphatic heterocycles. The van der Waals surface area contributed by atoms with Crippen LogP contribution in [0.15, 0.2) is 51.8 Å². The average Bonchev–Trinajstić information content (AvgIpc) is 2.47. The molecule has 0 unspecified atom stereocenters. The van der Waals surface area contributed by atoms with Crippen molar-refractivity contribution in [2.45, 2.75) is 30.6 Å². The van der Waals surface area contributed by atoms with Gasteiger partial charge in [0.25, 0.3) is 10.0 Å². The lowest BCUT2D eigenvalue weighted by Gasteiger charge is -2.20. The van der Waals surface area contributed by atoms with E-state index in [-0.39, 0.29) is 4.90 Å². The third-order valence-corrected chi connectivity index (χ3v) is 6.14. The van der Waals surface area contributed by atoms with Crippen molar-refractivity contribution in [3.63, 3.8) is 0 Å². The number of nitrogens with one attached hydrogen (secondary N) is 1. The summed E-state index contributed by atoms with van der Waals surface area (Å²) in [6.45, 7) is 0. The number of hydrogen-bond donors (Lipinski definition) is 1. The third-order valence-electron chi connectivity index (χ3n) is 3.77. The van der Waals surface area contributed by atoms with Crippen LogP contribution in [0.2, 0.25) is 0 Å². The van der Waals surface area contributed by atoms with Crippen LogP contribution in [-0.2, 0) is 22.9 Å². The highest BCUT2D eigenvalue weighted by Crippen LogP contribution is 2.30. The van der Waals surface area contributed by atoms with Crippen molar-refractivity contribution in [1.82, 2.24) is 0 Å². The predicted octanol–water partition coefficient (Wildman–Crippen LogP) is 4.13. The first-order valence-corrected chi connectivity index (χ1v) is 9.24. The molecule has 0 spiro atoms. The lowest BCUT2D eigenvalue weighted by atomic mass is 9.91. The van der Waals surface area contributed by atoms with Gasteiger partial charge < -0.3 is 0 Å². The average molecular weight is 366 g/mol. The molecular weight excluding hydrogens is 350 g/mol. The standard InChI is InChI=1S/C16H16BrNO2S/c17-14-9-3-4-11-16(14)21(19,20)18-15-10-5-7-12-6-1-2-8-13(12)15/h3-5,7,9-11,18H,1-2,6,8H2. The molecule has 0 aromatic heterocycles. The molecule has 0 radical (unpaired) electrons. The molecule has 3 rings (SSSR count). The minimum Gasteiger partial charge on any atom is -0.279 e. The third kappa shape index (κ3) is 2.99. The highest BCUT2D eigenvalue weighted by Gasteiger charge is 2.20. The Morgan fingerprint density at radius 3 is 2.52 bits per heavy atom. The van der Waals surface area contributed by atoms with E-state index in [0.29, 0.717) is 10.2 Å². The maximum Gasteiger partial charge on any atom is 0.263 e. The Bertz CT molecular complexity index is 772. The van der Waals surface area contributed by atoms with E-state index in [4.69, 9.17) is 0 Å². The number of halogens is 1. The molecule has 3 nitrogen and oxygen atoms in total. The summed E-state index contributed by atoms with van der Waals surface area (Å²) >= 11 is 3.30. The van der Waals surface area contributed by atoms with Gasteiger partial charge in [-0.05, 0) is 70.9 Å². The lowest BCUT2D eigenvalue weighted by molar-refractivity contribution is 0.600. The summed E-state index contributed by atoms with van der Waals surface area (Å²) in [6.07, 6.45) is 4.25. The van der Waals surface area contributed by atoms with E-state index in [2.05, 4.69) is 26.7 Å². The highest BCUT2D eigenvalue weighted by atomic mass is 79.9. The summed E-state index contributed by atoms with van der Waals surface area (Å²) in [7, 11) is -3.57. The quantitative estimate of drug-likeness (QED) is 0.888. The van der Waals surface area contributed by atoms with E-state index in [1.165, 1.54) is 12.0 Å². The smallest absolute Gasteiger partial charge is 0.263 e. The van der Waals surface area contributed by atoms with Gasteiger partial charge in [-0.2, -0.15) is 0 Å². The van der Waals surface area contributed by atoms with Crippen LogP contribution in [0.1, 0.15) is 24.0 Å². The summed E-state index contributed by atoms with van der Waals surface area (Å²) in [4.78, 5) is 0.262. The van der Waals surface area contributed by atoms with Crippen molar-refractivity contribution < 1.29 is 8.42 Å². The minimum atomic E-state index is -3.57. The zero-order chi connectivity index (χ0) is 14.9. The fourth-order valence-electron chi connectivity index (χ4n) is 2.74. The Hall–Kier alpha value is -1.33. The summed E-state index contributed by atoms with van der Waals surface area (Å²) in [5.74, 6) is 0. The molecule has 0 fully saturated rings. The Morgan fingerprint density at radius 1 is 0.952 bits per heavy atom. The van der Waals surface area contributed by atoms with Gasteiger partial charge in [0.2, 0.25) is 0 Å². The van der Waals surface area contributed by atoms with Crippen LogP contribution < -0.4 is 4.72 Å². The van der Waals surface area contributed by atoms with Crippen molar-refractivity contribution in [3.8, 4) is 0 Å². The molecule has 0 heterocycles. The van der Waals surface area contributed by atoms with E-state index in [0.717, 1.165) is 24.8 Å². The zero-order valence-electron chi connectivity index (χ0n) is 11.5. The van der Waals surface area contributed by atoms with Crippen LogP contribution in [-0.4, -0.2) is 8.42 Å². The molecule has 1 N–H and O–H groups in total. The number of rotatable bonds is 3. The largest absolute Gasteiger partial charge is 0.279 e. The van der Waals surface area contributed by atoms with Crippen LogP contribution in [0.3, 0.4) is 0 Å². The van der Waals surface area contributed by atoms with Crippen molar-refractivity contribution in [2.75, 3.05) is 4.72 Å². The Balaban J connectivity index is 1.99. The van der Waals surface area contributed by atoms with E-state index < -0.39 is 10.0 Å². The van der Waals surface area contributed by atoms with E-state index in [1.807, 2.05) is 12.1 Å². The predicted molar refractivity (Wildman–Crippen MR) is 88.0 cm³/mol. The van der Waals surface area contributed by atoms with Crippen LogP contribution in [0.25, 0.3) is 0 Å². The van der Waals surface area contributed by atoms with Gasteiger partial charge in [-0.3, -0.25) is 4.72 Å². The molecular formula is C16H16BrNO2S. The SMILES string of the molecule is O=S(=O)(Nc1cccc2c1CCCC2)c1ccccc1Br.